The van der Waals surface area contributed by atoms with Crippen molar-refractivity contribution in [3.63, 3.8) is 0 Å². The zero-order chi connectivity index (χ0) is 18.9. The number of aromatic nitrogens is 4. The zero-order valence-electron chi connectivity index (χ0n) is 15.0. The fraction of sp³-hybridized carbons (Fsp3) is 0.444. The van der Waals surface area contributed by atoms with Crippen molar-refractivity contribution in [1.29, 1.82) is 0 Å². The van der Waals surface area contributed by atoms with E-state index in [4.69, 9.17) is 9.47 Å². The third kappa shape index (κ3) is 3.77. The summed E-state index contributed by atoms with van der Waals surface area (Å²) in [7, 11) is 0. The summed E-state index contributed by atoms with van der Waals surface area (Å²) in [5, 5.41) is 11.5. The molecule has 8 nitrogen and oxygen atoms in total. The lowest BCUT2D eigenvalue weighted by Crippen LogP contribution is -2.36. The van der Waals surface area contributed by atoms with Gasteiger partial charge in [0, 0.05) is 6.61 Å². The van der Waals surface area contributed by atoms with Crippen LogP contribution in [0.1, 0.15) is 18.0 Å². The van der Waals surface area contributed by atoms with Gasteiger partial charge in [-0.05, 0) is 24.6 Å². The van der Waals surface area contributed by atoms with Crippen LogP contribution in [-0.4, -0.2) is 64.1 Å². The van der Waals surface area contributed by atoms with Gasteiger partial charge in [-0.1, -0.05) is 17.0 Å². The number of hydrogen-bond donors (Lipinski definition) is 1. The van der Waals surface area contributed by atoms with E-state index in [-0.39, 0.29) is 11.9 Å². The molecule has 2 aliphatic rings. The van der Waals surface area contributed by atoms with Crippen molar-refractivity contribution in [3.05, 3.63) is 30.1 Å². The number of hydrogen-bond acceptors (Lipinski definition) is 8. The number of thioether (sulfide) groups is 1. The number of thiazole rings is 1. The smallest absolute Gasteiger partial charge is 0.230 e. The van der Waals surface area contributed by atoms with Gasteiger partial charge >= 0.3 is 0 Å². The Morgan fingerprint density at radius 3 is 3.04 bits per heavy atom. The largest absolute Gasteiger partial charge is 0.380 e. The van der Waals surface area contributed by atoms with Gasteiger partial charge in [-0.15, -0.1) is 16.4 Å². The van der Waals surface area contributed by atoms with Crippen molar-refractivity contribution in [2.45, 2.75) is 22.7 Å². The van der Waals surface area contributed by atoms with E-state index in [1.54, 1.807) is 16.0 Å². The zero-order valence-corrected chi connectivity index (χ0v) is 16.7. The molecule has 1 N–H and O–H groups in total. The second-order valence-electron chi connectivity index (χ2n) is 6.87. The number of nitrogens with one attached hydrogen (secondary N) is 1. The van der Waals surface area contributed by atoms with Gasteiger partial charge in [-0.25, -0.2) is 9.67 Å². The van der Waals surface area contributed by atoms with Gasteiger partial charge in [0.2, 0.25) is 5.91 Å². The Labute approximate surface area is 169 Å². The first-order valence-corrected chi connectivity index (χ1v) is 11.0. The van der Waals surface area contributed by atoms with Crippen LogP contribution in [0.25, 0.3) is 15.9 Å². The Balaban J connectivity index is 1.25. The first-order valence-electron chi connectivity index (χ1n) is 9.15. The predicted octanol–water partition coefficient (Wildman–Crippen LogP) is 1.99. The highest BCUT2D eigenvalue weighted by atomic mass is 32.2. The highest BCUT2D eigenvalue weighted by Crippen LogP contribution is 2.31. The number of carbonyl (C=O) groups excluding carboxylic acids is 1. The summed E-state index contributed by atoms with van der Waals surface area (Å²) in [5.74, 6) is 0.736. The van der Waals surface area contributed by atoms with Crippen LogP contribution in [0.5, 0.6) is 0 Å². The van der Waals surface area contributed by atoms with Crippen LogP contribution >= 0.6 is 23.1 Å². The molecule has 1 aromatic carbocycles. The van der Waals surface area contributed by atoms with E-state index in [9.17, 15) is 4.79 Å². The maximum absolute atomic E-state index is 12.1. The Bertz CT molecular complexity index is 994. The molecule has 2 aromatic heterocycles. The van der Waals surface area contributed by atoms with Gasteiger partial charge in [-0.2, -0.15) is 0 Å². The average Bonchev–Trinajstić information content (AvgIpc) is 3.38. The molecule has 4 heterocycles. The molecule has 0 saturated carbocycles. The predicted molar refractivity (Wildman–Crippen MR) is 106 cm³/mol. The molecule has 0 radical (unpaired) electrons. The van der Waals surface area contributed by atoms with Gasteiger partial charge < -0.3 is 14.8 Å². The van der Waals surface area contributed by atoms with E-state index >= 15 is 0 Å². The number of rotatable bonds is 6. The molecule has 2 saturated heterocycles. The van der Waals surface area contributed by atoms with Crippen molar-refractivity contribution in [1.82, 2.24) is 25.3 Å². The minimum absolute atomic E-state index is 0.0237. The van der Waals surface area contributed by atoms with Gasteiger partial charge in [0.05, 0.1) is 65.3 Å². The minimum atomic E-state index is 0.0237. The number of fused-ring (bicyclic) bond motifs is 1. The maximum atomic E-state index is 12.1. The average molecular weight is 418 g/mol. The van der Waals surface area contributed by atoms with Crippen LogP contribution in [0.3, 0.4) is 0 Å². The van der Waals surface area contributed by atoms with Crippen LogP contribution in [0.4, 0.5) is 0 Å². The van der Waals surface area contributed by atoms with E-state index in [1.807, 2.05) is 18.3 Å². The molecule has 3 aromatic rings. The number of carbonyl (C=O) groups is 1. The number of amides is 1. The summed E-state index contributed by atoms with van der Waals surface area (Å²) in [6.45, 7) is 2.76. The normalized spacial score (nSPS) is 19.8. The summed E-state index contributed by atoms with van der Waals surface area (Å²) in [5.41, 5.74) is 2.84. The Morgan fingerprint density at radius 2 is 2.25 bits per heavy atom. The van der Waals surface area contributed by atoms with Gasteiger partial charge in [0.1, 0.15) is 0 Å². The van der Waals surface area contributed by atoms with E-state index in [0.29, 0.717) is 31.5 Å². The van der Waals surface area contributed by atoms with Gasteiger partial charge in [-0.3, -0.25) is 4.79 Å². The molecule has 0 aliphatic carbocycles. The highest BCUT2D eigenvalue weighted by molar-refractivity contribution is 8.01. The van der Waals surface area contributed by atoms with Crippen LogP contribution in [0.2, 0.25) is 0 Å². The lowest BCUT2D eigenvalue weighted by Gasteiger charge is -2.23. The monoisotopic (exact) mass is 417 g/mol. The van der Waals surface area contributed by atoms with Crippen LogP contribution in [0, 0.1) is 0 Å². The molecule has 2 aliphatic heterocycles. The standard InChI is InChI=1S/C18H19N5O3S2/c24-17(19-12-3-4-25-9-12)10-27-18-20-14-2-1-13(5-16(14)28-18)23-6-15(21-22-23)11-7-26-8-11/h1-2,5-6,11-12H,3-4,7-10H2,(H,19,24). The summed E-state index contributed by atoms with van der Waals surface area (Å²) in [4.78, 5) is 16.7. The third-order valence-corrected chi connectivity index (χ3v) is 6.97. The number of nitrogens with zero attached hydrogens (tertiary/aromatic N) is 4. The van der Waals surface area contributed by atoms with Crippen molar-refractivity contribution in [3.8, 4) is 5.69 Å². The van der Waals surface area contributed by atoms with Crippen LogP contribution in [0.15, 0.2) is 28.7 Å². The lowest BCUT2D eigenvalue weighted by molar-refractivity contribution is -0.119. The fourth-order valence-electron chi connectivity index (χ4n) is 3.14. The Morgan fingerprint density at radius 1 is 1.32 bits per heavy atom. The first-order chi connectivity index (χ1) is 13.7. The van der Waals surface area contributed by atoms with Crippen molar-refractivity contribution < 1.29 is 14.3 Å². The van der Waals surface area contributed by atoms with E-state index in [1.165, 1.54) is 11.8 Å². The molecule has 1 amide bonds. The third-order valence-electron chi connectivity index (χ3n) is 4.81. The second kappa shape index (κ2) is 7.78. The van der Waals surface area contributed by atoms with E-state index < -0.39 is 0 Å². The molecule has 0 spiro atoms. The molecule has 5 rings (SSSR count). The lowest BCUT2D eigenvalue weighted by atomic mass is 10.1. The first kappa shape index (κ1) is 18.0. The molecule has 1 atom stereocenters. The summed E-state index contributed by atoms with van der Waals surface area (Å²) in [6, 6.07) is 6.17. The van der Waals surface area contributed by atoms with Crippen molar-refractivity contribution in [2.75, 3.05) is 32.2 Å². The molecule has 10 heteroatoms. The topological polar surface area (TPSA) is 91.2 Å². The van der Waals surface area contributed by atoms with Crippen LogP contribution < -0.4 is 5.32 Å². The minimum Gasteiger partial charge on any atom is -0.380 e. The maximum Gasteiger partial charge on any atom is 0.230 e. The summed E-state index contributed by atoms with van der Waals surface area (Å²) >= 11 is 3.05. The van der Waals surface area contributed by atoms with Gasteiger partial charge in [0.25, 0.3) is 0 Å². The van der Waals surface area contributed by atoms with E-state index in [0.717, 1.165) is 39.0 Å². The molecule has 0 bridgehead atoms. The van der Waals surface area contributed by atoms with Gasteiger partial charge in [0.15, 0.2) is 4.34 Å². The molecular formula is C18H19N5O3S2. The quantitative estimate of drug-likeness (QED) is 0.613. The Hall–Kier alpha value is -2.01. The Kier molecular flexibility index (Phi) is 5.02. The second-order valence-corrected chi connectivity index (χ2v) is 9.12. The fourth-order valence-corrected chi connectivity index (χ4v) is 5.05. The number of benzene rings is 1. The summed E-state index contributed by atoms with van der Waals surface area (Å²) < 4.78 is 14.2. The molecular weight excluding hydrogens is 398 g/mol. The van der Waals surface area contributed by atoms with E-state index in [2.05, 4.69) is 26.7 Å². The van der Waals surface area contributed by atoms with Crippen LogP contribution in [-0.2, 0) is 14.3 Å². The highest BCUT2D eigenvalue weighted by Gasteiger charge is 2.24. The molecule has 2 fully saturated rings. The molecule has 146 valence electrons. The number of ether oxygens (including phenoxy) is 2. The molecule has 1 unspecified atom stereocenters. The molecule has 28 heavy (non-hydrogen) atoms. The van der Waals surface area contributed by atoms with Crippen molar-refractivity contribution >= 4 is 39.2 Å². The SMILES string of the molecule is O=C(CSc1nc2ccc(-n3cc(C4COC4)nn3)cc2s1)NC1CCOC1. The van der Waals surface area contributed by atoms with Crippen molar-refractivity contribution in [2.24, 2.45) is 0 Å². The summed E-state index contributed by atoms with van der Waals surface area (Å²) in [6.07, 6.45) is 2.85.